The summed E-state index contributed by atoms with van der Waals surface area (Å²) < 4.78 is 16.5. The van der Waals surface area contributed by atoms with Crippen LogP contribution < -0.4 is 14.9 Å². The number of carbonyl (C=O) groups is 2. The summed E-state index contributed by atoms with van der Waals surface area (Å²) in [5.41, 5.74) is 3.65. The topological polar surface area (TPSA) is 86.2 Å². The van der Waals surface area contributed by atoms with Gasteiger partial charge in [0.1, 0.15) is 0 Å². The van der Waals surface area contributed by atoms with Crippen LogP contribution in [-0.2, 0) is 9.53 Å². The zero-order chi connectivity index (χ0) is 20.4. The number of esters is 1. The van der Waals surface area contributed by atoms with Crippen molar-refractivity contribution in [1.29, 1.82) is 0 Å². The molecule has 0 radical (unpaired) electrons. The first-order valence-corrected chi connectivity index (χ1v) is 9.47. The number of hydrazone groups is 1. The molecule has 0 aromatic heterocycles. The van der Waals surface area contributed by atoms with Crippen molar-refractivity contribution in [1.82, 2.24) is 5.43 Å². The summed E-state index contributed by atoms with van der Waals surface area (Å²) in [7, 11) is 0. The molecule has 0 spiro atoms. The molecule has 0 saturated heterocycles. The largest absolute Gasteiger partial charge is 0.490 e. The number of hydrogen-bond acceptors (Lipinski definition) is 6. The number of benzene rings is 2. The summed E-state index contributed by atoms with van der Waals surface area (Å²) in [4.78, 5) is 23.6. The molecule has 2 rings (SSSR count). The smallest absolute Gasteiger partial charge is 0.344 e. The Hall–Kier alpha value is -2.87. The van der Waals surface area contributed by atoms with E-state index in [9.17, 15) is 9.59 Å². The van der Waals surface area contributed by atoms with E-state index in [0.717, 1.165) is 0 Å². The lowest BCUT2D eigenvalue weighted by atomic mass is 10.2. The van der Waals surface area contributed by atoms with Crippen LogP contribution in [0.1, 0.15) is 29.8 Å². The fourth-order valence-corrected chi connectivity index (χ4v) is 2.67. The Kier molecular flexibility index (Phi) is 8.48. The zero-order valence-corrected chi connectivity index (χ0v) is 17.2. The van der Waals surface area contributed by atoms with Gasteiger partial charge in [-0.05, 0) is 65.7 Å². The van der Waals surface area contributed by atoms with E-state index in [0.29, 0.717) is 40.3 Å². The van der Waals surface area contributed by atoms with Gasteiger partial charge in [0.05, 0.1) is 25.0 Å². The van der Waals surface area contributed by atoms with Crippen LogP contribution in [0.3, 0.4) is 0 Å². The minimum atomic E-state index is -0.453. The molecule has 0 unspecified atom stereocenters. The predicted octanol–water partition coefficient (Wildman–Crippen LogP) is 3.55. The van der Waals surface area contributed by atoms with Crippen molar-refractivity contribution < 1.29 is 23.8 Å². The van der Waals surface area contributed by atoms with E-state index in [1.54, 1.807) is 43.3 Å². The number of nitrogens with zero attached hydrogens (tertiary/aromatic N) is 1. The summed E-state index contributed by atoms with van der Waals surface area (Å²) in [6.45, 7) is 4.08. The lowest BCUT2D eigenvalue weighted by Gasteiger charge is -2.12. The molecule has 1 N–H and O–H groups in total. The monoisotopic (exact) mass is 448 g/mol. The molecule has 0 aliphatic carbocycles. The maximum Gasteiger partial charge on any atom is 0.344 e. The molecular formula is C20H21BrN2O5. The van der Waals surface area contributed by atoms with Crippen molar-refractivity contribution in [3.63, 3.8) is 0 Å². The first-order chi connectivity index (χ1) is 13.5. The minimum Gasteiger partial charge on any atom is -0.490 e. The molecule has 0 bridgehead atoms. The van der Waals surface area contributed by atoms with Gasteiger partial charge in [-0.25, -0.2) is 10.2 Å². The fourth-order valence-electron chi connectivity index (χ4n) is 2.20. The van der Waals surface area contributed by atoms with Gasteiger partial charge in [0, 0.05) is 4.47 Å². The first-order valence-electron chi connectivity index (χ1n) is 8.68. The number of hydrogen-bond donors (Lipinski definition) is 1. The third-order valence-corrected chi connectivity index (χ3v) is 4.11. The minimum absolute atomic E-state index is 0.205. The molecule has 148 valence electrons. The maximum atomic E-state index is 12.1. The number of amides is 1. The van der Waals surface area contributed by atoms with Gasteiger partial charge < -0.3 is 14.2 Å². The Morgan fingerprint density at radius 3 is 2.57 bits per heavy atom. The first kappa shape index (κ1) is 21.4. The van der Waals surface area contributed by atoms with Gasteiger partial charge in [0.2, 0.25) is 0 Å². The molecule has 0 heterocycles. The molecule has 2 aromatic rings. The van der Waals surface area contributed by atoms with E-state index in [1.807, 2.05) is 13.0 Å². The third kappa shape index (κ3) is 6.38. The van der Waals surface area contributed by atoms with Crippen LogP contribution in [0.5, 0.6) is 11.5 Å². The SMILES string of the molecule is CCOC(=O)COc1ccc(/C=N\NC(=O)c2ccccc2Br)cc1OCC. The second-order valence-electron chi connectivity index (χ2n) is 5.41. The van der Waals surface area contributed by atoms with Gasteiger partial charge in [-0.1, -0.05) is 12.1 Å². The number of nitrogens with one attached hydrogen (secondary N) is 1. The Bertz CT molecular complexity index is 854. The van der Waals surface area contributed by atoms with Crippen molar-refractivity contribution in [2.24, 2.45) is 5.10 Å². The molecule has 0 atom stereocenters. The molecule has 8 heteroatoms. The van der Waals surface area contributed by atoms with Crippen molar-refractivity contribution in [3.8, 4) is 11.5 Å². The highest BCUT2D eigenvalue weighted by Crippen LogP contribution is 2.28. The van der Waals surface area contributed by atoms with Gasteiger partial charge in [0.25, 0.3) is 5.91 Å². The third-order valence-electron chi connectivity index (χ3n) is 3.42. The lowest BCUT2D eigenvalue weighted by Crippen LogP contribution is -2.18. The van der Waals surface area contributed by atoms with Crippen LogP contribution in [0.4, 0.5) is 0 Å². The van der Waals surface area contributed by atoms with Crippen molar-refractivity contribution in [2.45, 2.75) is 13.8 Å². The summed E-state index contributed by atoms with van der Waals surface area (Å²) in [6, 6.07) is 12.2. The predicted molar refractivity (Wildman–Crippen MR) is 109 cm³/mol. The van der Waals surface area contributed by atoms with Crippen LogP contribution in [0.2, 0.25) is 0 Å². The Balaban J connectivity index is 2.04. The van der Waals surface area contributed by atoms with Gasteiger partial charge in [-0.15, -0.1) is 0 Å². The maximum absolute atomic E-state index is 12.1. The van der Waals surface area contributed by atoms with Crippen molar-refractivity contribution >= 4 is 34.0 Å². The quantitative estimate of drug-likeness (QED) is 0.360. The number of carbonyl (C=O) groups excluding carboxylic acids is 2. The van der Waals surface area contributed by atoms with Gasteiger partial charge in [-0.3, -0.25) is 4.79 Å². The summed E-state index contributed by atoms with van der Waals surface area (Å²) >= 11 is 3.33. The van der Waals surface area contributed by atoms with Crippen LogP contribution in [0, 0.1) is 0 Å². The Labute approximate surface area is 171 Å². The highest BCUT2D eigenvalue weighted by Gasteiger charge is 2.10. The molecule has 0 aliphatic heterocycles. The molecule has 2 aromatic carbocycles. The van der Waals surface area contributed by atoms with Crippen molar-refractivity contribution in [2.75, 3.05) is 19.8 Å². The van der Waals surface area contributed by atoms with E-state index in [1.165, 1.54) is 6.21 Å². The lowest BCUT2D eigenvalue weighted by molar-refractivity contribution is -0.145. The molecule has 1 amide bonds. The summed E-state index contributed by atoms with van der Waals surface area (Å²) in [5, 5.41) is 3.97. The highest BCUT2D eigenvalue weighted by atomic mass is 79.9. The average molecular weight is 449 g/mol. The normalized spacial score (nSPS) is 10.5. The van der Waals surface area contributed by atoms with Gasteiger partial charge in [-0.2, -0.15) is 5.10 Å². The second kappa shape index (κ2) is 11.1. The zero-order valence-electron chi connectivity index (χ0n) is 15.6. The highest BCUT2D eigenvalue weighted by molar-refractivity contribution is 9.10. The van der Waals surface area contributed by atoms with E-state index >= 15 is 0 Å². The molecule has 0 fully saturated rings. The van der Waals surface area contributed by atoms with Gasteiger partial charge >= 0.3 is 5.97 Å². The van der Waals surface area contributed by atoms with E-state index in [4.69, 9.17) is 14.2 Å². The van der Waals surface area contributed by atoms with E-state index in [-0.39, 0.29) is 12.5 Å². The standard InChI is InChI=1S/C20H21BrN2O5/c1-3-26-18-11-14(9-10-17(18)28-13-19(24)27-4-2)12-22-23-20(25)15-7-5-6-8-16(15)21/h5-12H,3-4,13H2,1-2H3,(H,23,25)/b22-12-. The van der Waals surface area contributed by atoms with Crippen LogP contribution >= 0.6 is 15.9 Å². The molecule has 7 nitrogen and oxygen atoms in total. The van der Waals surface area contributed by atoms with Crippen molar-refractivity contribution in [3.05, 3.63) is 58.1 Å². The molecule has 0 saturated carbocycles. The average Bonchev–Trinajstić information content (AvgIpc) is 2.68. The Morgan fingerprint density at radius 1 is 1.07 bits per heavy atom. The fraction of sp³-hybridized carbons (Fsp3) is 0.250. The molecule has 0 aliphatic rings. The second-order valence-corrected chi connectivity index (χ2v) is 6.27. The van der Waals surface area contributed by atoms with Crippen LogP contribution in [0.25, 0.3) is 0 Å². The number of halogens is 1. The van der Waals surface area contributed by atoms with Crippen LogP contribution in [-0.4, -0.2) is 37.9 Å². The van der Waals surface area contributed by atoms with Crippen LogP contribution in [0.15, 0.2) is 52.0 Å². The van der Waals surface area contributed by atoms with Gasteiger partial charge in [0.15, 0.2) is 18.1 Å². The summed E-state index contributed by atoms with van der Waals surface area (Å²) in [5.74, 6) is 0.103. The Morgan fingerprint density at radius 2 is 1.86 bits per heavy atom. The molecule has 28 heavy (non-hydrogen) atoms. The summed E-state index contributed by atoms with van der Waals surface area (Å²) in [6.07, 6.45) is 1.49. The van der Waals surface area contributed by atoms with E-state index in [2.05, 4.69) is 26.5 Å². The number of ether oxygens (including phenoxy) is 3. The molecular weight excluding hydrogens is 428 g/mol. The van der Waals surface area contributed by atoms with E-state index < -0.39 is 5.97 Å². The number of rotatable bonds is 9.